The van der Waals surface area contributed by atoms with Gasteiger partial charge in [-0.25, -0.2) is 0 Å². The predicted octanol–water partition coefficient (Wildman–Crippen LogP) is 4.33. The molecule has 0 aromatic carbocycles. The molecule has 0 aromatic rings. The molecule has 0 radical (unpaired) electrons. The number of carbonyl (C=O) groups is 1. The van der Waals surface area contributed by atoms with Gasteiger partial charge in [-0.3, -0.25) is 4.79 Å². The first-order valence-corrected chi connectivity index (χ1v) is 6.90. The second-order valence-electron chi connectivity index (χ2n) is 4.58. The van der Waals surface area contributed by atoms with Crippen molar-refractivity contribution in [2.24, 2.45) is 5.92 Å². The van der Waals surface area contributed by atoms with Crippen LogP contribution in [0.5, 0.6) is 0 Å². The summed E-state index contributed by atoms with van der Waals surface area (Å²) in [6.45, 7) is 7.05. The van der Waals surface area contributed by atoms with Gasteiger partial charge in [0, 0.05) is 6.42 Å². The van der Waals surface area contributed by atoms with Gasteiger partial charge in [0.15, 0.2) is 0 Å². The van der Waals surface area contributed by atoms with E-state index in [1.54, 1.807) is 0 Å². The van der Waals surface area contributed by atoms with Gasteiger partial charge in [-0.1, -0.05) is 46.5 Å². The zero-order valence-corrected chi connectivity index (χ0v) is 11.3. The SMILES string of the molecule is CCCCC[C@H](CCC)COC(=O)CCC. The zero-order valence-electron chi connectivity index (χ0n) is 11.3. The van der Waals surface area contributed by atoms with Crippen LogP contribution < -0.4 is 0 Å². The third-order valence-corrected chi connectivity index (χ3v) is 2.85. The molecule has 0 aliphatic rings. The number of unbranched alkanes of at least 4 members (excludes halogenated alkanes) is 2. The molecule has 2 nitrogen and oxygen atoms in total. The van der Waals surface area contributed by atoms with Gasteiger partial charge in [0.1, 0.15) is 0 Å². The van der Waals surface area contributed by atoms with Crippen LogP contribution in [0.3, 0.4) is 0 Å². The summed E-state index contributed by atoms with van der Waals surface area (Å²) in [5.41, 5.74) is 0. The summed E-state index contributed by atoms with van der Waals surface area (Å²) in [5, 5.41) is 0. The minimum Gasteiger partial charge on any atom is -0.465 e. The molecule has 0 N–H and O–H groups in total. The number of hydrogen-bond acceptors (Lipinski definition) is 2. The number of ether oxygens (including phenoxy) is 1. The van der Waals surface area contributed by atoms with Gasteiger partial charge in [-0.2, -0.15) is 0 Å². The Bertz CT molecular complexity index is 166. The number of rotatable bonds is 10. The summed E-state index contributed by atoms with van der Waals surface area (Å²) in [7, 11) is 0. The van der Waals surface area contributed by atoms with Gasteiger partial charge in [0.2, 0.25) is 0 Å². The van der Waals surface area contributed by atoms with Crippen LogP contribution in [0.15, 0.2) is 0 Å². The van der Waals surface area contributed by atoms with E-state index in [2.05, 4.69) is 13.8 Å². The normalized spacial score (nSPS) is 12.4. The number of hydrogen-bond donors (Lipinski definition) is 0. The minimum absolute atomic E-state index is 0.0286. The summed E-state index contributed by atoms with van der Waals surface area (Å²) in [4.78, 5) is 11.3. The van der Waals surface area contributed by atoms with Crippen LogP contribution >= 0.6 is 0 Å². The highest BCUT2D eigenvalue weighted by molar-refractivity contribution is 5.69. The van der Waals surface area contributed by atoms with Crippen molar-refractivity contribution in [3.8, 4) is 0 Å². The van der Waals surface area contributed by atoms with E-state index in [0.29, 0.717) is 18.9 Å². The molecular weight excluding hydrogens is 200 g/mol. The number of carbonyl (C=O) groups excluding carboxylic acids is 1. The van der Waals surface area contributed by atoms with Crippen LogP contribution in [-0.4, -0.2) is 12.6 Å². The topological polar surface area (TPSA) is 26.3 Å². The fourth-order valence-corrected chi connectivity index (χ4v) is 1.89. The Morgan fingerprint density at radius 2 is 1.75 bits per heavy atom. The van der Waals surface area contributed by atoms with Crippen molar-refractivity contribution in [3.63, 3.8) is 0 Å². The Morgan fingerprint density at radius 1 is 1.00 bits per heavy atom. The minimum atomic E-state index is -0.0286. The van der Waals surface area contributed by atoms with Gasteiger partial charge in [-0.05, 0) is 25.2 Å². The lowest BCUT2D eigenvalue weighted by Gasteiger charge is -2.15. The molecule has 16 heavy (non-hydrogen) atoms. The quantitative estimate of drug-likeness (QED) is 0.411. The first kappa shape index (κ1) is 15.5. The second-order valence-corrected chi connectivity index (χ2v) is 4.58. The Morgan fingerprint density at radius 3 is 2.31 bits per heavy atom. The summed E-state index contributed by atoms with van der Waals surface area (Å²) >= 11 is 0. The molecule has 0 fully saturated rings. The van der Waals surface area contributed by atoms with Crippen molar-refractivity contribution in [2.45, 2.75) is 72.1 Å². The van der Waals surface area contributed by atoms with Crippen molar-refractivity contribution < 1.29 is 9.53 Å². The third-order valence-electron chi connectivity index (χ3n) is 2.85. The fraction of sp³-hybridized carbons (Fsp3) is 0.929. The van der Waals surface area contributed by atoms with Gasteiger partial charge >= 0.3 is 5.97 Å². The Balaban J connectivity index is 3.70. The zero-order chi connectivity index (χ0) is 12.2. The Labute approximate surface area is 101 Å². The molecule has 0 aliphatic heterocycles. The molecule has 0 saturated heterocycles. The number of esters is 1. The molecular formula is C14H28O2. The standard InChI is InChI=1S/C14H28O2/c1-4-7-8-11-13(9-5-2)12-16-14(15)10-6-3/h13H,4-12H2,1-3H3/t13-/m0/s1. The lowest BCUT2D eigenvalue weighted by atomic mass is 9.97. The lowest BCUT2D eigenvalue weighted by molar-refractivity contribution is -0.145. The lowest BCUT2D eigenvalue weighted by Crippen LogP contribution is -2.14. The highest BCUT2D eigenvalue weighted by Crippen LogP contribution is 2.16. The smallest absolute Gasteiger partial charge is 0.305 e. The van der Waals surface area contributed by atoms with E-state index < -0.39 is 0 Å². The molecule has 0 aromatic heterocycles. The molecule has 1 atom stereocenters. The molecule has 0 heterocycles. The molecule has 0 spiro atoms. The first-order valence-electron chi connectivity index (χ1n) is 6.90. The van der Waals surface area contributed by atoms with Gasteiger partial charge in [0.05, 0.1) is 6.61 Å². The van der Waals surface area contributed by atoms with E-state index in [9.17, 15) is 4.79 Å². The summed E-state index contributed by atoms with van der Waals surface area (Å²) in [6, 6.07) is 0. The van der Waals surface area contributed by atoms with E-state index in [4.69, 9.17) is 4.74 Å². The molecule has 0 bridgehead atoms. The summed E-state index contributed by atoms with van der Waals surface area (Å²) in [6.07, 6.45) is 8.84. The maximum absolute atomic E-state index is 11.3. The van der Waals surface area contributed by atoms with E-state index in [0.717, 1.165) is 6.42 Å². The second kappa shape index (κ2) is 11.0. The van der Waals surface area contributed by atoms with Gasteiger partial charge in [0.25, 0.3) is 0 Å². The molecule has 0 unspecified atom stereocenters. The molecule has 96 valence electrons. The molecule has 0 saturated carbocycles. The van der Waals surface area contributed by atoms with Crippen molar-refractivity contribution in [3.05, 3.63) is 0 Å². The molecule has 0 rings (SSSR count). The average molecular weight is 228 g/mol. The third kappa shape index (κ3) is 8.75. The van der Waals surface area contributed by atoms with Crippen LogP contribution in [-0.2, 0) is 9.53 Å². The van der Waals surface area contributed by atoms with Crippen molar-refractivity contribution in [1.29, 1.82) is 0 Å². The van der Waals surface area contributed by atoms with Crippen LogP contribution in [0.4, 0.5) is 0 Å². The monoisotopic (exact) mass is 228 g/mol. The fourth-order valence-electron chi connectivity index (χ4n) is 1.89. The largest absolute Gasteiger partial charge is 0.465 e. The summed E-state index contributed by atoms with van der Waals surface area (Å²) in [5.74, 6) is 0.552. The van der Waals surface area contributed by atoms with E-state index in [-0.39, 0.29) is 5.97 Å². The summed E-state index contributed by atoms with van der Waals surface area (Å²) < 4.78 is 5.29. The highest BCUT2D eigenvalue weighted by atomic mass is 16.5. The van der Waals surface area contributed by atoms with Crippen LogP contribution in [0.1, 0.15) is 72.1 Å². The Hall–Kier alpha value is -0.530. The van der Waals surface area contributed by atoms with Gasteiger partial charge in [-0.15, -0.1) is 0 Å². The maximum atomic E-state index is 11.3. The highest BCUT2D eigenvalue weighted by Gasteiger charge is 2.10. The first-order chi connectivity index (χ1) is 7.74. The Kier molecular flexibility index (Phi) is 10.6. The maximum Gasteiger partial charge on any atom is 0.305 e. The van der Waals surface area contributed by atoms with Crippen molar-refractivity contribution in [2.75, 3.05) is 6.61 Å². The average Bonchev–Trinajstić information content (AvgIpc) is 2.26. The predicted molar refractivity (Wildman–Crippen MR) is 68.4 cm³/mol. The van der Waals surface area contributed by atoms with Crippen LogP contribution in [0, 0.1) is 5.92 Å². The molecule has 2 heteroatoms. The van der Waals surface area contributed by atoms with Crippen molar-refractivity contribution in [1.82, 2.24) is 0 Å². The van der Waals surface area contributed by atoms with E-state index in [1.807, 2.05) is 6.92 Å². The van der Waals surface area contributed by atoms with Gasteiger partial charge < -0.3 is 4.74 Å². The van der Waals surface area contributed by atoms with Crippen LogP contribution in [0.2, 0.25) is 0 Å². The molecule has 0 amide bonds. The van der Waals surface area contributed by atoms with Crippen LogP contribution in [0.25, 0.3) is 0 Å². The molecule has 0 aliphatic carbocycles. The van der Waals surface area contributed by atoms with Crippen molar-refractivity contribution >= 4 is 5.97 Å². The van der Waals surface area contributed by atoms with E-state index >= 15 is 0 Å². The van der Waals surface area contributed by atoms with E-state index in [1.165, 1.54) is 38.5 Å².